The van der Waals surface area contributed by atoms with Gasteiger partial charge in [-0.1, -0.05) is 43.2 Å². The lowest BCUT2D eigenvalue weighted by Crippen LogP contribution is -2.25. The van der Waals surface area contributed by atoms with E-state index in [4.69, 9.17) is 19.6 Å². The first kappa shape index (κ1) is 20.6. The van der Waals surface area contributed by atoms with E-state index in [0.29, 0.717) is 26.4 Å². The molecular weight excluding hydrogens is 412 g/mol. The molecule has 2 aliphatic heterocycles. The number of hydrogen-bond acceptors (Lipinski definition) is 5. The second-order valence-electron chi connectivity index (χ2n) is 9.18. The molecule has 2 aromatic heterocycles. The van der Waals surface area contributed by atoms with Crippen LogP contribution in [-0.4, -0.2) is 54.7 Å². The van der Waals surface area contributed by atoms with Crippen molar-refractivity contribution >= 4 is 27.5 Å². The highest BCUT2D eigenvalue weighted by Crippen LogP contribution is 2.34. The van der Waals surface area contributed by atoms with Gasteiger partial charge in [-0.3, -0.25) is 5.10 Å². The van der Waals surface area contributed by atoms with Crippen LogP contribution >= 0.6 is 0 Å². The van der Waals surface area contributed by atoms with Crippen molar-refractivity contribution in [3.63, 3.8) is 0 Å². The smallest absolute Gasteiger partial charge is 0.137 e. The van der Waals surface area contributed by atoms with Crippen molar-refractivity contribution < 1.29 is 9.47 Å². The second kappa shape index (κ2) is 9.12. The van der Waals surface area contributed by atoms with Gasteiger partial charge in [0.1, 0.15) is 11.5 Å². The Bertz CT molecular complexity index is 1250. The summed E-state index contributed by atoms with van der Waals surface area (Å²) in [7, 11) is 0. The molecule has 2 saturated heterocycles. The summed E-state index contributed by atoms with van der Waals surface area (Å²) in [6.45, 7) is 4.82. The van der Waals surface area contributed by atoms with Crippen LogP contribution in [0, 0.1) is 0 Å². The van der Waals surface area contributed by atoms with Crippen LogP contribution in [0.4, 0.5) is 5.82 Å². The molecule has 2 fully saturated rings. The van der Waals surface area contributed by atoms with E-state index in [1.54, 1.807) is 0 Å². The van der Waals surface area contributed by atoms with Gasteiger partial charge in [-0.2, -0.15) is 5.10 Å². The van der Waals surface area contributed by atoms with Crippen molar-refractivity contribution in [3.8, 4) is 11.4 Å². The largest absolute Gasteiger partial charge is 0.378 e. The van der Waals surface area contributed by atoms with Crippen molar-refractivity contribution in [2.24, 2.45) is 0 Å². The van der Waals surface area contributed by atoms with Gasteiger partial charge >= 0.3 is 0 Å². The molecule has 6 nitrogen and oxygen atoms in total. The fourth-order valence-corrected chi connectivity index (χ4v) is 5.12. The van der Waals surface area contributed by atoms with Crippen molar-refractivity contribution in [1.82, 2.24) is 15.2 Å². The summed E-state index contributed by atoms with van der Waals surface area (Å²) in [5.41, 5.74) is 4.07. The van der Waals surface area contributed by atoms with E-state index < -0.39 is 0 Å². The zero-order chi connectivity index (χ0) is 22.0. The summed E-state index contributed by atoms with van der Waals surface area (Å²) in [6.07, 6.45) is 5.05. The lowest BCUT2D eigenvalue weighted by molar-refractivity contribution is 0.103. The van der Waals surface area contributed by atoms with Gasteiger partial charge in [-0.15, -0.1) is 0 Å². The van der Waals surface area contributed by atoms with E-state index >= 15 is 0 Å². The van der Waals surface area contributed by atoms with Gasteiger partial charge in [0.2, 0.25) is 0 Å². The highest BCUT2D eigenvalue weighted by Gasteiger charge is 2.20. The summed E-state index contributed by atoms with van der Waals surface area (Å²) >= 11 is 0. The van der Waals surface area contributed by atoms with Crippen LogP contribution in [-0.2, 0) is 9.47 Å². The Hall–Kier alpha value is -2.96. The maximum absolute atomic E-state index is 5.74. The number of nitrogens with one attached hydrogen (secondary N) is 1. The molecule has 170 valence electrons. The molecule has 4 heterocycles. The number of fused-ring (bicyclic) bond motifs is 2. The summed E-state index contributed by atoms with van der Waals surface area (Å²) in [5.74, 6) is 1.32. The van der Waals surface area contributed by atoms with Gasteiger partial charge in [0, 0.05) is 29.8 Å². The topological polar surface area (TPSA) is 63.3 Å². The minimum absolute atomic E-state index is 0.233. The fraction of sp³-hybridized carbons (Fsp3) is 0.407. The van der Waals surface area contributed by atoms with Crippen molar-refractivity contribution in [1.29, 1.82) is 0 Å². The Morgan fingerprint density at radius 1 is 0.848 bits per heavy atom. The molecule has 33 heavy (non-hydrogen) atoms. The molecule has 4 aromatic rings. The molecule has 0 atom stereocenters. The molecule has 6 heteroatoms. The third-order valence-electron chi connectivity index (χ3n) is 6.94. The maximum atomic E-state index is 5.74. The lowest BCUT2D eigenvalue weighted by Gasteiger charge is -2.23. The molecule has 0 bridgehead atoms. The predicted octanol–water partition coefficient (Wildman–Crippen LogP) is 5.29. The second-order valence-corrected chi connectivity index (χ2v) is 9.18. The average molecular weight is 443 g/mol. The monoisotopic (exact) mass is 442 g/mol. The Labute approximate surface area is 193 Å². The van der Waals surface area contributed by atoms with E-state index in [-0.39, 0.29) is 5.92 Å². The quantitative estimate of drug-likeness (QED) is 0.467. The number of H-pyrrole nitrogens is 1. The van der Waals surface area contributed by atoms with Gasteiger partial charge in [-0.25, -0.2) is 4.98 Å². The minimum atomic E-state index is 0.233. The molecule has 0 unspecified atom stereocenters. The molecule has 0 radical (unpaired) electrons. The standard InChI is InChI=1S/C27H30N4O2/c1-2-6-12-31(11-5-1)27-22-8-4-3-7-20(22)16-25(28-27)26-23-15-19(9-10-24(23)29-30-26)21-17-32-13-14-33-18-21/h3-4,7-10,15-16,21H,1-2,5-6,11-14,17-18H2,(H,29,30). The SMILES string of the molecule is c1ccc2c(N3CCCCCC3)nc(-c3n[nH]c4ccc(C5COCCOC5)cc34)cc2c1. The Morgan fingerprint density at radius 2 is 1.64 bits per heavy atom. The lowest BCUT2D eigenvalue weighted by atomic mass is 9.98. The van der Waals surface area contributed by atoms with Crippen LogP contribution in [0.2, 0.25) is 0 Å². The van der Waals surface area contributed by atoms with Crippen LogP contribution < -0.4 is 4.90 Å². The van der Waals surface area contributed by atoms with E-state index in [2.05, 4.69) is 58.5 Å². The maximum Gasteiger partial charge on any atom is 0.137 e. The van der Waals surface area contributed by atoms with Crippen LogP contribution in [0.1, 0.15) is 37.2 Å². The highest BCUT2D eigenvalue weighted by atomic mass is 16.5. The third-order valence-corrected chi connectivity index (χ3v) is 6.94. The molecule has 0 aliphatic carbocycles. The first-order valence-electron chi connectivity index (χ1n) is 12.2. The normalized spacial score (nSPS) is 18.5. The molecular formula is C27H30N4O2. The fourth-order valence-electron chi connectivity index (χ4n) is 5.12. The van der Waals surface area contributed by atoms with E-state index in [9.17, 15) is 0 Å². The average Bonchev–Trinajstić information content (AvgIpc) is 3.05. The third kappa shape index (κ3) is 4.09. The number of ether oxygens (including phenoxy) is 2. The number of anilines is 1. The number of pyridine rings is 1. The van der Waals surface area contributed by atoms with E-state index in [0.717, 1.165) is 41.2 Å². The first-order valence-corrected chi connectivity index (χ1v) is 12.2. The number of benzene rings is 2. The minimum Gasteiger partial charge on any atom is -0.378 e. The van der Waals surface area contributed by atoms with Crippen LogP contribution in [0.25, 0.3) is 33.1 Å². The summed E-state index contributed by atoms with van der Waals surface area (Å²) in [6, 6.07) is 17.3. The Morgan fingerprint density at radius 3 is 2.45 bits per heavy atom. The Balaban J connectivity index is 1.46. The van der Waals surface area contributed by atoms with Gasteiger partial charge in [0.15, 0.2) is 0 Å². The van der Waals surface area contributed by atoms with Crippen LogP contribution in [0.5, 0.6) is 0 Å². The molecule has 1 N–H and O–H groups in total. The molecule has 2 aromatic carbocycles. The number of aromatic amines is 1. The van der Waals surface area contributed by atoms with E-state index in [1.165, 1.54) is 42.0 Å². The van der Waals surface area contributed by atoms with Crippen molar-refractivity contribution in [3.05, 3.63) is 54.1 Å². The van der Waals surface area contributed by atoms with Crippen LogP contribution in [0.3, 0.4) is 0 Å². The van der Waals surface area contributed by atoms with Gasteiger partial charge in [-0.05, 0) is 42.0 Å². The van der Waals surface area contributed by atoms with Crippen LogP contribution in [0.15, 0.2) is 48.5 Å². The van der Waals surface area contributed by atoms with Gasteiger partial charge < -0.3 is 14.4 Å². The van der Waals surface area contributed by atoms with Crippen molar-refractivity contribution in [2.75, 3.05) is 44.4 Å². The van der Waals surface area contributed by atoms with Gasteiger partial charge in [0.25, 0.3) is 0 Å². The summed E-state index contributed by atoms with van der Waals surface area (Å²) in [4.78, 5) is 7.68. The summed E-state index contributed by atoms with van der Waals surface area (Å²) < 4.78 is 11.5. The zero-order valence-corrected chi connectivity index (χ0v) is 18.9. The van der Waals surface area contributed by atoms with Crippen molar-refractivity contribution in [2.45, 2.75) is 31.6 Å². The molecule has 0 amide bonds. The molecule has 2 aliphatic rings. The first-order chi connectivity index (χ1) is 16.4. The molecule has 6 rings (SSSR count). The summed E-state index contributed by atoms with van der Waals surface area (Å²) in [5, 5.41) is 11.5. The predicted molar refractivity (Wildman–Crippen MR) is 132 cm³/mol. The van der Waals surface area contributed by atoms with Gasteiger partial charge in [0.05, 0.1) is 37.6 Å². The molecule has 0 saturated carbocycles. The number of hydrogen-bond donors (Lipinski definition) is 1. The zero-order valence-electron chi connectivity index (χ0n) is 18.9. The number of aromatic nitrogens is 3. The number of rotatable bonds is 3. The van der Waals surface area contributed by atoms with E-state index in [1.807, 2.05) is 0 Å². The highest BCUT2D eigenvalue weighted by molar-refractivity contribution is 5.98. The molecule has 0 spiro atoms. The Kier molecular flexibility index (Phi) is 5.70. The number of nitrogens with zero attached hydrogens (tertiary/aromatic N) is 3.